The van der Waals surface area contributed by atoms with Crippen LogP contribution in [0.25, 0.3) is 0 Å². The van der Waals surface area contributed by atoms with E-state index in [1.165, 1.54) is 0 Å². The molecule has 0 amide bonds. The number of hydrogen-bond acceptors (Lipinski definition) is 5. The van der Waals surface area contributed by atoms with E-state index in [-0.39, 0.29) is 5.54 Å². The van der Waals surface area contributed by atoms with Gasteiger partial charge in [0, 0.05) is 18.3 Å². The zero-order valence-corrected chi connectivity index (χ0v) is 11.8. The van der Waals surface area contributed by atoms with Crippen molar-refractivity contribution in [1.29, 1.82) is 0 Å². The minimum atomic E-state index is 0.0277. The lowest BCUT2D eigenvalue weighted by atomic mass is 10.1. The summed E-state index contributed by atoms with van der Waals surface area (Å²) >= 11 is 0. The van der Waals surface area contributed by atoms with E-state index in [0.29, 0.717) is 18.5 Å². The zero-order valence-electron chi connectivity index (χ0n) is 11.8. The fourth-order valence-electron chi connectivity index (χ4n) is 1.55. The molecule has 0 aliphatic heterocycles. The monoisotopic (exact) mass is 260 g/mol. The Balaban J connectivity index is 2.05. The Morgan fingerprint density at radius 2 is 1.84 bits per heavy atom. The van der Waals surface area contributed by atoms with Gasteiger partial charge in [0.05, 0.1) is 6.54 Å². The largest absolute Gasteiger partial charge is 0.406 e. The Labute approximate surface area is 113 Å². The molecule has 0 unspecified atom stereocenters. The molecule has 0 radical (unpaired) electrons. The third kappa shape index (κ3) is 3.79. The van der Waals surface area contributed by atoms with Gasteiger partial charge in [0.25, 0.3) is 0 Å². The Hall–Kier alpha value is -1.88. The molecule has 5 nitrogen and oxygen atoms in total. The summed E-state index contributed by atoms with van der Waals surface area (Å²) in [6.45, 7) is 6.86. The minimum absolute atomic E-state index is 0.0277. The van der Waals surface area contributed by atoms with Crippen molar-refractivity contribution in [3.8, 4) is 0 Å². The molecule has 5 heteroatoms. The van der Waals surface area contributed by atoms with Crippen LogP contribution in [0.2, 0.25) is 0 Å². The topological polar surface area (TPSA) is 54.2 Å². The van der Waals surface area contributed by atoms with E-state index >= 15 is 0 Å². The number of rotatable bonds is 4. The molecule has 2 rings (SSSR count). The number of anilines is 2. The SMILES string of the molecule is CN(c1ccccc1)c1nnc(CNC(C)(C)C)o1. The number of nitrogens with one attached hydrogen (secondary N) is 1. The van der Waals surface area contributed by atoms with Gasteiger partial charge in [0.1, 0.15) is 0 Å². The summed E-state index contributed by atoms with van der Waals surface area (Å²) in [5.74, 6) is 0.590. The molecule has 1 N–H and O–H groups in total. The van der Waals surface area contributed by atoms with E-state index < -0.39 is 0 Å². The highest BCUT2D eigenvalue weighted by Gasteiger charge is 2.14. The molecule has 0 spiro atoms. The third-order valence-corrected chi connectivity index (χ3v) is 2.66. The van der Waals surface area contributed by atoms with E-state index in [4.69, 9.17) is 4.42 Å². The highest BCUT2D eigenvalue weighted by molar-refractivity contribution is 5.54. The molecule has 0 aliphatic rings. The van der Waals surface area contributed by atoms with E-state index in [9.17, 15) is 0 Å². The van der Waals surface area contributed by atoms with Gasteiger partial charge in [0.15, 0.2) is 0 Å². The molecule has 0 aliphatic carbocycles. The van der Waals surface area contributed by atoms with E-state index in [2.05, 4.69) is 36.3 Å². The van der Waals surface area contributed by atoms with Gasteiger partial charge in [0.2, 0.25) is 5.89 Å². The molecular weight excluding hydrogens is 240 g/mol. The maximum absolute atomic E-state index is 5.64. The molecular formula is C14H20N4O. The zero-order chi connectivity index (χ0) is 13.9. The van der Waals surface area contributed by atoms with Crippen LogP contribution in [0, 0.1) is 0 Å². The molecule has 1 aromatic carbocycles. The Morgan fingerprint density at radius 1 is 1.16 bits per heavy atom. The van der Waals surface area contributed by atoms with Gasteiger partial charge in [-0.3, -0.25) is 4.90 Å². The van der Waals surface area contributed by atoms with Crippen molar-refractivity contribution >= 4 is 11.7 Å². The smallest absolute Gasteiger partial charge is 0.322 e. The van der Waals surface area contributed by atoms with Crippen molar-refractivity contribution in [2.45, 2.75) is 32.9 Å². The number of benzene rings is 1. The number of aromatic nitrogens is 2. The van der Waals surface area contributed by atoms with E-state index in [1.807, 2.05) is 42.3 Å². The molecule has 0 bridgehead atoms. The second-order valence-corrected chi connectivity index (χ2v) is 5.48. The Bertz CT molecular complexity index is 516. The quantitative estimate of drug-likeness (QED) is 0.916. The van der Waals surface area contributed by atoms with Gasteiger partial charge in [-0.15, -0.1) is 5.10 Å². The average Bonchev–Trinajstić information content (AvgIpc) is 2.84. The molecule has 102 valence electrons. The summed E-state index contributed by atoms with van der Waals surface area (Å²) in [4.78, 5) is 1.87. The van der Waals surface area contributed by atoms with Crippen molar-refractivity contribution < 1.29 is 4.42 Å². The Kier molecular flexibility index (Phi) is 3.85. The van der Waals surface area contributed by atoms with Crippen LogP contribution in [-0.4, -0.2) is 22.8 Å². The second kappa shape index (κ2) is 5.40. The van der Waals surface area contributed by atoms with Crippen molar-refractivity contribution in [2.75, 3.05) is 11.9 Å². The van der Waals surface area contributed by atoms with Crippen molar-refractivity contribution in [1.82, 2.24) is 15.5 Å². The standard InChI is InChI=1S/C14H20N4O/c1-14(2,3)15-10-12-16-17-13(19-12)18(4)11-8-6-5-7-9-11/h5-9,15H,10H2,1-4H3. The van der Waals surface area contributed by atoms with Crippen molar-refractivity contribution in [3.05, 3.63) is 36.2 Å². The first-order chi connectivity index (χ1) is 8.96. The van der Waals surface area contributed by atoms with Gasteiger partial charge in [-0.2, -0.15) is 0 Å². The normalized spacial score (nSPS) is 11.6. The first kappa shape index (κ1) is 13.5. The highest BCUT2D eigenvalue weighted by Crippen LogP contribution is 2.21. The number of nitrogens with zero attached hydrogens (tertiary/aromatic N) is 3. The predicted molar refractivity (Wildman–Crippen MR) is 75.4 cm³/mol. The lowest BCUT2D eigenvalue weighted by Crippen LogP contribution is -2.35. The van der Waals surface area contributed by atoms with E-state index in [1.54, 1.807) is 0 Å². The third-order valence-electron chi connectivity index (χ3n) is 2.66. The minimum Gasteiger partial charge on any atom is -0.406 e. The van der Waals surface area contributed by atoms with Crippen LogP contribution in [0.15, 0.2) is 34.7 Å². The van der Waals surface area contributed by atoms with Crippen LogP contribution < -0.4 is 10.2 Å². The molecule has 1 aromatic heterocycles. The van der Waals surface area contributed by atoms with Gasteiger partial charge in [-0.05, 0) is 32.9 Å². The summed E-state index contributed by atoms with van der Waals surface area (Å²) in [6.07, 6.45) is 0. The lowest BCUT2D eigenvalue weighted by molar-refractivity contribution is 0.382. The molecule has 19 heavy (non-hydrogen) atoms. The first-order valence-corrected chi connectivity index (χ1v) is 6.32. The van der Waals surface area contributed by atoms with Gasteiger partial charge in [-0.25, -0.2) is 0 Å². The molecule has 0 saturated heterocycles. The molecule has 2 aromatic rings. The fraction of sp³-hybridized carbons (Fsp3) is 0.429. The Morgan fingerprint density at radius 3 is 2.47 bits per heavy atom. The summed E-state index contributed by atoms with van der Waals surface area (Å²) in [7, 11) is 1.91. The number of hydrogen-bond donors (Lipinski definition) is 1. The molecule has 0 fully saturated rings. The maximum Gasteiger partial charge on any atom is 0.322 e. The van der Waals surface area contributed by atoms with Gasteiger partial charge < -0.3 is 9.73 Å². The van der Waals surface area contributed by atoms with Crippen LogP contribution >= 0.6 is 0 Å². The van der Waals surface area contributed by atoms with Crippen LogP contribution in [-0.2, 0) is 6.54 Å². The summed E-state index contributed by atoms with van der Waals surface area (Å²) in [5, 5.41) is 11.4. The van der Waals surface area contributed by atoms with Crippen molar-refractivity contribution in [2.24, 2.45) is 0 Å². The summed E-state index contributed by atoms with van der Waals surface area (Å²) in [6, 6.07) is 10.4. The molecule has 0 atom stereocenters. The van der Waals surface area contributed by atoms with Crippen molar-refractivity contribution in [3.63, 3.8) is 0 Å². The average molecular weight is 260 g/mol. The van der Waals surface area contributed by atoms with Crippen LogP contribution in [0.5, 0.6) is 0 Å². The number of para-hydroxylation sites is 1. The first-order valence-electron chi connectivity index (χ1n) is 6.32. The molecule has 1 heterocycles. The molecule has 0 saturated carbocycles. The van der Waals surface area contributed by atoms with Crippen LogP contribution in [0.4, 0.5) is 11.7 Å². The summed E-state index contributed by atoms with van der Waals surface area (Å²) in [5.41, 5.74) is 1.04. The van der Waals surface area contributed by atoms with Gasteiger partial charge in [-0.1, -0.05) is 23.3 Å². The van der Waals surface area contributed by atoms with E-state index in [0.717, 1.165) is 5.69 Å². The second-order valence-electron chi connectivity index (χ2n) is 5.48. The fourth-order valence-corrected chi connectivity index (χ4v) is 1.55. The predicted octanol–water partition coefficient (Wildman–Crippen LogP) is 2.73. The highest BCUT2D eigenvalue weighted by atomic mass is 16.4. The lowest BCUT2D eigenvalue weighted by Gasteiger charge is -2.18. The summed E-state index contributed by atoms with van der Waals surface area (Å²) < 4.78 is 5.64. The maximum atomic E-state index is 5.64. The van der Waals surface area contributed by atoms with Gasteiger partial charge >= 0.3 is 6.01 Å². The van der Waals surface area contributed by atoms with Crippen LogP contribution in [0.3, 0.4) is 0 Å². The van der Waals surface area contributed by atoms with Crippen LogP contribution in [0.1, 0.15) is 26.7 Å².